The molecule has 0 saturated carbocycles. The van der Waals surface area contributed by atoms with Gasteiger partial charge in [-0.25, -0.2) is 0 Å². The number of carbonyl (C=O) groups excluding carboxylic acids is 1. The average Bonchev–Trinajstić information content (AvgIpc) is 2.27. The number of ether oxygens (including phenoxy) is 1. The standard InChI is InChI=1S/C11H13NO2/c1-12-11(13)9-3-2-8-4-5-14-7-10(8)6-9/h2-3,6H,4-5,7H2,1H3,(H,12,13). The predicted molar refractivity (Wildman–Crippen MR) is 53.2 cm³/mol. The summed E-state index contributed by atoms with van der Waals surface area (Å²) < 4.78 is 5.33. The van der Waals surface area contributed by atoms with Crippen molar-refractivity contribution < 1.29 is 9.53 Å². The van der Waals surface area contributed by atoms with Gasteiger partial charge in [-0.3, -0.25) is 4.79 Å². The summed E-state index contributed by atoms with van der Waals surface area (Å²) in [5, 5.41) is 2.61. The normalized spacial score (nSPS) is 14.6. The lowest BCUT2D eigenvalue weighted by atomic mass is 10.0. The van der Waals surface area contributed by atoms with E-state index in [9.17, 15) is 4.79 Å². The van der Waals surface area contributed by atoms with Gasteiger partial charge in [0.15, 0.2) is 0 Å². The number of carbonyl (C=O) groups is 1. The van der Waals surface area contributed by atoms with Crippen LogP contribution in [0.3, 0.4) is 0 Å². The number of rotatable bonds is 1. The zero-order valence-corrected chi connectivity index (χ0v) is 8.17. The number of fused-ring (bicyclic) bond motifs is 1. The van der Waals surface area contributed by atoms with Crippen molar-refractivity contribution in [1.29, 1.82) is 0 Å². The Morgan fingerprint density at radius 1 is 1.43 bits per heavy atom. The molecule has 0 aromatic heterocycles. The molecule has 1 heterocycles. The Kier molecular flexibility index (Phi) is 2.50. The van der Waals surface area contributed by atoms with E-state index in [1.807, 2.05) is 18.2 Å². The van der Waals surface area contributed by atoms with Crippen molar-refractivity contribution in [3.63, 3.8) is 0 Å². The summed E-state index contributed by atoms with van der Waals surface area (Å²) in [5.74, 6) is -0.0432. The smallest absolute Gasteiger partial charge is 0.251 e. The monoisotopic (exact) mass is 191 g/mol. The fourth-order valence-electron chi connectivity index (χ4n) is 1.65. The van der Waals surface area contributed by atoms with Crippen molar-refractivity contribution in [3.05, 3.63) is 34.9 Å². The molecule has 0 unspecified atom stereocenters. The first-order chi connectivity index (χ1) is 6.81. The van der Waals surface area contributed by atoms with Crippen LogP contribution in [-0.4, -0.2) is 19.6 Å². The maximum absolute atomic E-state index is 11.3. The Morgan fingerprint density at radius 2 is 2.29 bits per heavy atom. The Balaban J connectivity index is 2.33. The highest BCUT2D eigenvalue weighted by Gasteiger charge is 2.11. The van der Waals surface area contributed by atoms with Gasteiger partial charge in [0.2, 0.25) is 0 Å². The van der Waals surface area contributed by atoms with Gasteiger partial charge >= 0.3 is 0 Å². The molecule has 0 fully saturated rings. The predicted octanol–water partition coefficient (Wildman–Crippen LogP) is 1.12. The third kappa shape index (κ3) is 1.63. The molecule has 74 valence electrons. The zero-order chi connectivity index (χ0) is 9.97. The molecule has 1 aromatic rings. The molecular weight excluding hydrogens is 178 g/mol. The molecule has 1 amide bonds. The van der Waals surface area contributed by atoms with E-state index >= 15 is 0 Å². The fourth-order valence-corrected chi connectivity index (χ4v) is 1.65. The van der Waals surface area contributed by atoms with Crippen LogP contribution in [0.1, 0.15) is 21.5 Å². The second kappa shape index (κ2) is 3.80. The number of benzene rings is 1. The molecule has 2 rings (SSSR count). The molecule has 0 spiro atoms. The highest BCUT2D eigenvalue weighted by molar-refractivity contribution is 5.94. The van der Waals surface area contributed by atoms with E-state index in [0.29, 0.717) is 12.2 Å². The summed E-state index contributed by atoms with van der Waals surface area (Å²) in [6.07, 6.45) is 0.948. The van der Waals surface area contributed by atoms with Gasteiger partial charge in [0.25, 0.3) is 5.91 Å². The molecule has 0 radical (unpaired) electrons. The first kappa shape index (κ1) is 9.21. The molecule has 1 aliphatic heterocycles. The summed E-state index contributed by atoms with van der Waals surface area (Å²) in [4.78, 5) is 11.3. The van der Waals surface area contributed by atoms with Gasteiger partial charge in [-0.15, -0.1) is 0 Å². The Morgan fingerprint density at radius 3 is 3.07 bits per heavy atom. The second-order valence-electron chi connectivity index (χ2n) is 3.37. The summed E-state index contributed by atoms with van der Waals surface area (Å²) in [6, 6.07) is 5.79. The van der Waals surface area contributed by atoms with Gasteiger partial charge in [-0.1, -0.05) is 6.07 Å². The largest absolute Gasteiger partial charge is 0.376 e. The van der Waals surface area contributed by atoms with Crippen LogP contribution in [0.15, 0.2) is 18.2 Å². The van der Waals surface area contributed by atoms with E-state index in [1.165, 1.54) is 5.56 Å². The third-order valence-electron chi connectivity index (χ3n) is 2.47. The SMILES string of the molecule is CNC(=O)c1ccc2c(c1)COCC2. The molecular formula is C11H13NO2. The summed E-state index contributed by atoms with van der Waals surface area (Å²) >= 11 is 0. The molecule has 0 aliphatic carbocycles. The topological polar surface area (TPSA) is 38.3 Å². The average molecular weight is 191 g/mol. The maximum atomic E-state index is 11.3. The minimum absolute atomic E-state index is 0.0432. The van der Waals surface area contributed by atoms with E-state index in [0.717, 1.165) is 18.6 Å². The lowest BCUT2D eigenvalue weighted by Gasteiger charge is -2.16. The molecule has 1 aliphatic rings. The van der Waals surface area contributed by atoms with Crippen LogP contribution in [-0.2, 0) is 17.8 Å². The van der Waals surface area contributed by atoms with Crippen LogP contribution >= 0.6 is 0 Å². The van der Waals surface area contributed by atoms with Crippen LogP contribution in [0.25, 0.3) is 0 Å². The summed E-state index contributed by atoms with van der Waals surface area (Å²) in [7, 11) is 1.64. The molecule has 1 N–H and O–H groups in total. The van der Waals surface area contributed by atoms with Crippen LogP contribution < -0.4 is 5.32 Å². The van der Waals surface area contributed by atoms with Gasteiger partial charge in [-0.2, -0.15) is 0 Å². The highest BCUT2D eigenvalue weighted by atomic mass is 16.5. The molecule has 3 nitrogen and oxygen atoms in total. The summed E-state index contributed by atoms with van der Waals surface area (Å²) in [6.45, 7) is 1.41. The van der Waals surface area contributed by atoms with E-state index in [-0.39, 0.29) is 5.91 Å². The van der Waals surface area contributed by atoms with E-state index in [2.05, 4.69) is 5.32 Å². The van der Waals surface area contributed by atoms with E-state index < -0.39 is 0 Å². The van der Waals surface area contributed by atoms with Crippen molar-refractivity contribution in [2.45, 2.75) is 13.0 Å². The van der Waals surface area contributed by atoms with Gasteiger partial charge < -0.3 is 10.1 Å². The quantitative estimate of drug-likeness (QED) is 0.722. The van der Waals surface area contributed by atoms with Crippen molar-refractivity contribution in [3.8, 4) is 0 Å². The molecule has 0 bridgehead atoms. The van der Waals surface area contributed by atoms with Crippen molar-refractivity contribution in [2.75, 3.05) is 13.7 Å². The lowest BCUT2D eigenvalue weighted by Crippen LogP contribution is -2.19. The molecule has 3 heteroatoms. The Bertz CT molecular complexity index is 360. The number of nitrogens with one attached hydrogen (secondary N) is 1. The van der Waals surface area contributed by atoms with Crippen molar-refractivity contribution in [1.82, 2.24) is 5.32 Å². The van der Waals surface area contributed by atoms with Gasteiger partial charge in [-0.05, 0) is 29.7 Å². The molecule has 0 saturated heterocycles. The van der Waals surface area contributed by atoms with Crippen LogP contribution in [0.2, 0.25) is 0 Å². The molecule has 0 atom stereocenters. The van der Waals surface area contributed by atoms with Crippen LogP contribution in [0.4, 0.5) is 0 Å². The van der Waals surface area contributed by atoms with Gasteiger partial charge in [0, 0.05) is 12.6 Å². The molecule has 14 heavy (non-hydrogen) atoms. The first-order valence-corrected chi connectivity index (χ1v) is 4.73. The lowest BCUT2D eigenvalue weighted by molar-refractivity contribution is 0.0960. The second-order valence-corrected chi connectivity index (χ2v) is 3.37. The van der Waals surface area contributed by atoms with Crippen molar-refractivity contribution >= 4 is 5.91 Å². The maximum Gasteiger partial charge on any atom is 0.251 e. The zero-order valence-electron chi connectivity index (χ0n) is 8.17. The number of amides is 1. The van der Waals surface area contributed by atoms with Gasteiger partial charge in [0.05, 0.1) is 13.2 Å². The minimum Gasteiger partial charge on any atom is -0.376 e. The van der Waals surface area contributed by atoms with Crippen molar-refractivity contribution in [2.24, 2.45) is 0 Å². The van der Waals surface area contributed by atoms with E-state index in [1.54, 1.807) is 7.05 Å². The van der Waals surface area contributed by atoms with E-state index in [4.69, 9.17) is 4.74 Å². The number of hydrogen-bond acceptors (Lipinski definition) is 2. The van der Waals surface area contributed by atoms with Crippen LogP contribution in [0.5, 0.6) is 0 Å². The fraction of sp³-hybridized carbons (Fsp3) is 0.364. The third-order valence-corrected chi connectivity index (χ3v) is 2.47. The first-order valence-electron chi connectivity index (χ1n) is 4.73. The van der Waals surface area contributed by atoms with Gasteiger partial charge in [0.1, 0.15) is 0 Å². The summed E-state index contributed by atoms with van der Waals surface area (Å²) in [5.41, 5.74) is 3.14. The Labute approximate surface area is 83.1 Å². The molecule has 1 aromatic carbocycles. The Hall–Kier alpha value is -1.35. The minimum atomic E-state index is -0.0432. The number of hydrogen-bond donors (Lipinski definition) is 1. The van der Waals surface area contributed by atoms with Crippen LogP contribution in [0, 0.1) is 0 Å². The highest BCUT2D eigenvalue weighted by Crippen LogP contribution is 2.18.